The average Bonchev–Trinajstić information content (AvgIpc) is 3.25. The number of aromatic nitrogens is 2. The molecular formula is C28H35N5O6. The SMILES string of the molecule is COc1ccc(-c2nc3c(C(=O)NC(CC(=O)O)C4CCCCC4)cccn3c2NC(C)(C)C)cc1[N+](=O)[O-]. The average molecular weight is 538 g/mol. The number of benzene rings is 1. The van der Waals surface area contributed by atoms with E-state index in [1.165, 1.54) is 19.2 Å². The quantitative estimate of drug-likeness (QED) is 0.247. The summed E-state index contributed by atoms with van der Waals surface area (Å²) in [6.45, 7) is 5.93. The summed E-state index contributed by atoms with van der Waals surface area (Å²) in [5.74, 6) is -0.556. The number of hydrogen-bond donors (Lipinski definition) is 3. The van der Waals surface area contributed by atoms with Crippen LogP contribution in [0.4, 0.5) is 11.5 Å². The molecule has 1 aromatic carbocycles. The Hall–Kier alpha value is -4.15. The minimum absolute atomic E-state index is 0.104. The number of carboxylic acids is 1. The molecule has 1 unspecified atom stereocenters. The van der Waals surface area contributed by atoms with Crippen LogP contribution in [0.25, 0.3) is 16.9 Å². The zero-order valence-electron chi connectivity index (χ0n) is 22.7. The van der Waals surface area contributed by atoms with E-state index in [1.807, 2.05) is 20.8 Å². The third-order valence-electron chi connectivity index (χ3n) is 6.97. The molecule has 2 aromatic heterocycles. The van der Waals surface area contributed by atoms with Crippen LogP contribution in [0.5, 0.6) is 5.75 Å². The van der Waals surface area contributed by atoms with Gasteiger partial charge in [-0.15, -0.1) is 0 Å². The summed E-state index contributed by atoms with van der Waals surface area (Å²) in [6, 6.07) is 7.50. The molecule has 11 nitrogen and oxygen atoms in total. The molecule has 0 radical (unpaired) electrons. The Balaban J connectivity index is 1.80. The van der Waals surface area contributed by atoms with Crippen molar-refractivity contribution >= 4 is 29.0 Å². The van der Waals surface area contributed by atoms with Crippen molar-refractivity contribution in [3.05, 3.63) is 52.2 Å². The molecule has 0 bridgehead atoms. The van der Waals surface area contributed by atoms with Crippen LogP contribution in [-0.4, -0.2) is 50.0 Å². The lowest BCUT2D eigenvalue weighted by Crippen LogP contribution is -2.42. The summed E-state index contributed by atoms with van der Waals surface area (Å²) < 4.78 is 6.90. The van der Waals surface area contributed by atoms with E-state index in [-0.39, 0.29) is 29.3 Å². The smallest absolute Gasteiger partial charge is 0.311 e. The minimum atomic E-state index is -0.954. The number of fused-ring (bicyclic) bond motifs is 1. The summed E-state index contributed by atoms with van der Waals surface area (Å²) >= 11 is 0. The van der Waals surface area contributed by atoms with Gasteiger partial charge < -0.3 is 20.5 Å². The number of carbonyl (C=O) groups excluding carboxylic acids is 1. The first kappa shape index (κ1) is 27.9. The van der Waals surface area contributed by atoms with Gasteiger partial charge in [-0.25, -0.2) is 4.98 Å². The van der Waals surface area contributed by atoms with Crippen LogP contribution in [0.2, 0.25) is 0 Å². The first-order valence-electron chi connectivity index (χ1n) is 13.1. The van der Waals surface area contributed by atoms with Crippen LogP contribution in [0.1, 0.15) is 69.7 Å². The Labute approximate surface area is 226 Å². The number of nitro benzene ring substituents is 1. The zero-order chi connectivity index (χ0) is 28.3. The van der Waals surface area contributed by atoms with Gasteiger partial charge in [-0.05, 0) is 63.8 Å². The van der Waals surface area contributed by atoms with Gasteiger partial charge in [-0.2, -0.15) is 0 Å². The molecule has 2 heterocycles. The molecule has 0 aliphatic heterocycles. The molecule has 208 valence electrons. The molecule has 1 saturated carbocycles. The molecule has 1 aliphatic rings. The number of carbonyl (C=O) groups is 2. The summed E-state index contributed by atoms with van der Waals surface area (Å²) in [4.78, 5) is 41.2. The largest absolute Gasteiger partial charge is 0.490 e. The van der Waals surface area contributed by atoms with Gasteiger partial charge in [0, 0.05) is 29.4 Å². The van der Waals surface area contributed by atoms with Gasteiger partial charge in [0.05, 0.1) is 24.0 Å². The number of hydrogen-bond acceptors (Lipinski definition) is 7. The molecule has 1 aliphatic carbocycles. The molecule has 1 amide bonds. The summed E-state index contributed by atoms with van der Waals surface area (Å²) in [5.41, 5.74) is 0.966. The maximum absolute atomic E-state index is 13.6. The number of nitro groups is 1. The van der Waals surface area contributed by atoms with E-state index in [9.17, 15) is 24.8 Å². The van der Waals surface area contributed by atoms with E-state index in [0.717, 1.165) is 32.1 Å². The molecule has 4 rings (SSSR count). The highest BCUT2D eigenvalue weighted by Gasteiger charge is 2.29. The van der Waals surface area contributed by atoms with Crippen molar-refractivity contribution in [2.75, 3.05) is 12.4 Å². The highest BCUT2D eigenvalue weighted by Crippen LogP contribution is 2.37. The lowest BCUT2D eigenvalue weighted by Gasteiger charge is -2.30. The predicted molar refractivity (Wildman–Crippen MR) is 147 cm³/mol. The van der Waals surface area contributed by atoms with Crippen molar-refractivity contribution in [3.63, 3.8) is 0 Å². The lowest BCUT2D eigenvalue weighted by molar-refractivity contribution is -0.385. The van der Waals surface area contributed by atoms with Crippen molar-refractivity contribution < 1.29 is 24.4 Å². The predicted octanol–water partition coefficient (Wildman–Crippen LogP) is 5.28. The second-order valence-electron chi connectivity index (χ2n) is 11.0. The van der Waals surface area contributed by atoms with Gasteiger partial charge in [0.25, 0.3) is 5.91 Å². The highest BCUT2D eigenvalue weighted by molar-refractivity contribution is 6.01. The van der Waals surface area contributed by atoms with Crippen LogP contribution in [0.3, 0.4) is 0 Å². The van der Waals surface area contributed by atoms with Crippen LogP contribution in [-0.2, 0) is 4.79 Å². The van der Waals surface area contributed by atoms with Crippen LogP contribution < -0.4 is 15.4 Å². The zero-order valence-corrected chi connectivity index (χ0v) is 22.7. The maximum Gasteiger partial charge on any atom is 0.311 e. The number of anilines is 1. The number of amides is 1. The van der Waals surface area contributed by atoms with E-state index in [4.69, 9.17) is 9.72 Å². The molecule has 3 N–H and O–H groups in total. The molecule has 39 heavy (non-hydrogen) atoms. The van der Waals surface area contributed by atoms with E-state index >= 15 is 0 Å². The molecule has 0 saturated heterocycles. The highest BCUT2D eigenvalue weighted by atomic mass is 16.6. The Morgan fingerprint density at radius 3 is 2.56 bits per heavy atom. The second-order valence-corrected chi connectivity index (χ2v) is 11.0. The number of carboxylic acid groups (broad SMARTS) is 1. The lowest BCUT2D eigenvalue weighted by atomic mass is 9.82. The number of imidazole rings is 1. The van der Waals surface area contributed by atoms with Crippen LogP contribution >= 0.6 is 0 Å². The summed E-state index contributed by atoms with van der Waals surface area (Å²) in [5, 5.41) is 27.6. The monoisotopic (exact) mass is 537 g/mol. The number of methoxy groups -OCH3 is 1. The van der Waals surface area contributed by atoms with Crippen molar-refractivity contribution in [2.45, 2.75) is 70.9 Å². The van der Waals surface area contributed by atoms with Crippen molar-refractivity contribution in [2.24, 2.45) is 5.92 Å². The van der Waals surface area contributed by atoms with Gasteiger partial charge in [0.15, 0.2) is 11.4 Å². The Kier molecular flexibility index (Phi) is 8.08. The van der Waals surface area contributed by atoms with Crippen LogP contribution in [0.15, 0.2) is 36.5 Å². The molecule has 1 fully saturated rings. The normalized spacial score (nSPS) is 15.1. The van der Waals surface area contributed by atoms with E-state index in [2.05, 4.69) is 10.6 Å². The van der Waals surface area contributed by atoms with Gasteiger partial charge in [-0.1, -0.05) is 19.3 Å². The molecule has 11 heteroatoms. The fourth-order valence-corrected chi connectivity index (χ4v) is 5.21. The first-order chi connectivity index (χ1) is 18.5. The van der Waals surface area contributed by atoms with Crippen molar-refractivity contribution in [3.8, 4) is 17.0 Å². The van der Waals surface area contributed by atoms with Crippen molar-refractivity contribution in [1.29, 1.82) is 0 Å². The van der Waals surface area contributed by atoms with E-state index in [1.54, 1.807) is 28.8 Å². The number of aliphatic carboxylic acids is 1. The molecule has 1 atom stereocenters. The Bertz CT molecular complexity index is 1390. The number of rotatable bonds is 9. The Morgan fingerprint density at radius 2 is 1.95 bits per heavy atom. The maximum atomic E-state index is 13.6. The topological polar surface area (TPSA) is 148 Å². The van der Waals surface area contributed by atoms with E-state index in [0.29, 0.717) is 22.7 Å². The van der Waals surface area contributed by atoms with Crippen LogP contribution in [0, 0.1) is 16.0 Å². The number of ether oxygens (including phenoxy) is 1. The van der Waals surface area contributed by atoms with Gasteiger partial charge in [0.1, 0.15) is 11.5 Å². The molecule has 0 spiro atoms. The minimum Gasteiger partial charge on any atom is -0.490 e. The standard InChI is InChI=1S/C28H35N5O6/c1-28(2,3)31-26-24(18-12-13-22(39-4)21(15-18)33(37)38)30-25-19(11-8-14-32(25)26)27(36)29-20(16-23(34)35)17-9-6-5-7-10-17/h8,11-15,17,20,31H,5-7,9-10,16H2,1-4H3,(H,29,36)(H,34,35). The van der Waals surface area contributed by atoms with Gasteiger partial charge >= 0.3 is 11.7 Å². The molecular weight excluding hydrogens is 502 g/mol. The number of nitrogens with zero attached hydrogens (tertiary/aromatic N) is 3. The van der Waals surface area contributed by atoms with E-state index < -0.39 is 28.4 Å². The van der Waals surface area contributed by atoms with Gasteiger partial charge in [0.2, 0.25) is 0 Å². The third kappa shape index (κ3) is 6.30. The summed E-state index contributed by atoms with van der Waals surface area (Å²) in [6.07, 6.45) is 6.54. The Morgan fingerprint density at radius 1 is 1.23 bits per heavy atom. The fraction of sp³-hybridized carbons (Fsp3) is 0.464. The fourth-order valence-electron chi connectivity index (χ4n) is 5.21. The summed E-state index contributed by atoms with van der Waals surface area (Å²) in [7, 11) is 1.37. The second kappa shape index (κ2) is 11.3. The third-order valence-corrected chi connectivity index (χ3v) is 6.97. The molecule has 3 aromatic rings. The van der Waals surface area contributed by atoms with Gasteiger partial charge in [-0.3, -0.25) is 24.1 Å². The number of nitrogens with one attached hydrogen (secondary N) is 2. The first-order valence-corrected chi connectivity index (χ1v) is 13.1. The number of pyridine rings is 1. The van der Waals surface area contributed by atoms with Crippen molar-refractivity contribution in [1.82, 2.24) is 14.7 Å².